The van der Waals surface area contributed by atoms with Crippen LogP contribution in [0.2, 0.25) is 0 Å². The first-order valence-corrected chi connectivity index (χ1v) is 6.48. The van der Waals surface area contributed by atoms with Gasteiger partial charge in [-0.1, -0.05) is 0 Å². The number of thiophene rings is 1. The molecule has 1 amide bonds. The summed E-state index contributed by atoms with van der Waals surface area (Å²) < 4.78 is 5.73. The van der Waals surface area contributed by atoms with E-state index in [9.17, 15) is 4.79 Å². The lowest BCUT2D eigenvalue weighted by atomic mass is 10.2. The lowest BCUT2D eigenvalue weighted by molar-refractivity contribution is 0.0910. The molecule has 0 spiro atoms. The lowest BCUT2D eigenvalue weighted by Gasteiger charge is -2.10. The molecule has 1 atom stereocenters. The van der Waals surface area contributed by atoms with E-state index in [0.29, 0.717) is 10.4 Å². The van der Waals surface area contributed by atoms with Crippen molar-refractivity contribution < 1.29 is 9.21 Å². The van der Waals surface area contributed by atoms with Crippen molar-refractivity contribution in [3.63, 3.8) is 0 Å². The Hall–Kier alpha value is -1.07. The summed E-state index contributed by atoms with van der Waals surface area (Å²) in [6.07, 6.45) is 0. The third-order valence-electron chi connectivity index (χ3n) is 2.19. The quantitative estimate of drug-likeness (QED) is 0.941. The maximum atomic E-state index is 11.7. The van der Waals surface area contributed by atoms with Crippen LogP contribution in [-0.4, -0.2) is 5.91 Å². The number of hydrogen-bond acceptors (Lipinski definition) is 3. The molecule has 16 heavy (non-hydrogen) atoms. The average Bonchev–Trinajstić information content (AvgIpc) is 2.87. The molecular weight excluding hydrogens is 290 g/mol. The van der Waals surface area contributed by atoms with E-state index in [1.807, 2.05) is 23.8 Å². The summed E-state index contributed by atoms with van der Waals surface area (Å²) in [5.41, 5.74) is 1.10. The molecule has 0 aliphatic heterocycles. The van der Waals surface area contributed by atoms with E-state index in [0.717, 1.165) is 5.56 Å². The van der Waals surface area contributed by atoms with Crippen LogP contribution in [0.4, 0.5) is 0 Å². The minimum absolute atomic E-state index is 0.0115. The highest BCUT2D eigenvalue weighted by Crippen LogP contribution is 2.18. The van der Waals surface area contributed by atoms with Gasteiger partial charge in [0.15, 0.2) is 10.4 Å². The highest BCUT2D eigenvalue weighted by molar-refractivity contribution is 9.10. The van der Waals surface area contributed by atoms with Crippen molar-refractivity contribution in [2.24, 2.45) is 0 Å². The molecular formula is C11H10BrNO2S. The smallest absolute Gasteiger partial charge is 0.287 e. The molecule has 2 heterocycles. The molecule has 0 radical (unpaired) electrons. The molecule has 5 heteroatoms. The summed E-state index contributed by atoms with van der Waals surface area (Å²) in [5.74, 6) is 0.110. The summed E-state index contributed by atoms with van der Waals surface area (Å²) in [6.45, 7) is 1.94. The molecule has 0 saturated heterocycles. The summed E-state index contributed by atoms with van der Waals surface area (Å²) in [5, 5.41) is 6.87. The van der Waals surface area contributed by atoms with Crippen LogP contribution in [0.15, 0.2) is 38.0 Å². The van der Waals surface area contributed by atoms with Gasteiger partial charge in [0.05, 0.1) is 6.04 Å². The van der Waals surface area contributed by atoms with Crippen molar-refractivity contribution in [3.8, 4) is 0 Å². The minimum atomic E-state index is -0.204. The van der Waals surface area contributed by atoms with E-state index in [2.05, 4.69) is 21.2 Å². The van der Waals surface area contributed by atoms with Gasteiger partial charge in [0.2, 0.25) is 0 Å². The molecule has 1 N–H and O–H groups in total. The Morgan fingerprint density at radius 2 is 2.31 bits per heavy atom. The number of rotatable bonds is 3. The maximum absolute atomic E-state index is 11.7. The Bertz CT molecular complexity index is 478. The summed E-state index contributed by atoms with van der Waals surface area (Å²) >= 11 is 4.77. The number of furan rings is 1. The molecule has 0 aliphatic carbocycles. The lowest BCUT2D eigenvalue weighted by Crippen LogP contribution is -2.25. The third-order valence-corrected chi connectivity index (χ3v) is 3.32. The minimum Gasteiger partial charge on any atom is -0.444 e. The number of carbonyl (C=O) groups excluding carboxylic acids is 1. The van der Waals surface area contributed by atoms with Crippen LogP contribution in [0.1, 0.15) is 29.1 Å². The second-order valence-electron chi connectivity index (χ2n) is 3.36. The second kappa shape index (κ2) is 4.84. The highest BCUT2D eigenvalue weighted by Gasteiger charge is 2.14. The van der Waals surface area contributed by atoms with Crippen LogP contribution in [0, 0.1) is 0 Å². The fourth-order valence-corrected chi connectivity index (χ4v) is 2.37. The maximum Gasteiger partial charge on any atom is 0.287 e. The van der Waals surface area contributed by atoms with E-state index >= 15 is 0 Å². The van der Waals surface area contributed by atoms with Gasteiger partial charge in [0.25, 0.3) is 5.91 Å². The molecule has 0 aliphatic rings. The SMILES string of the molecule is CC(NC(=O)c1ccc(Br)o1)c1ccsc1. The van der Waals surface area contributed by atoms with E-state index in [-0.39, 0.29) is 11.9 Å². The molecule has 3 nitrogen and oxygen atoms in total. The number of hydrogen-bond donors (Lipinski definition) is 1. The molecule has 2 rings (SSSR count). The zero-order chi connectivity index (χ0) is 11.5. The van der Waals surface area contributed by atoms with Crippen LogP contribution in [0.5, 0.6) is 0 Å². The Kier molecular flexibility index (Phi) is 3.46. The van der Waals surface area contributed by atoms with E-state index < -0.39 is 0 Å². The van der Waals surface area contributed by atoms with Gasteiger partial charge in [-0.05, 0) is 57.4 Å². The van der Waals surface area contributed by atoms with Gasteiger partial charge in [-0.25, -0.2) is 0 Å². The zero-order valence-electron chi connectivity index (χ0n) is 8.57. The Morgan fingerprint density at radius 3 is 2.88 bits per heavy atom. The van der Waals surface area contributed by atoms with Crippen LogP contribution >= 0.6 is 27.3 Å². The predicted octanol–water partition coefficient (Wildman–Crippen LogP) is 3.59. The molecule has 84 valence electrons. The highest BCUT2D eigenvalue weighted by atomic mass is 79.9. The van der Waals surface area contributed by atoms with Crippen LogP contribution in [0.25, 0.3) is 0 Å². The average molecular weight is 300 g/mol. The van der Waals surface area contributed by atoms with Gasteiger partial charge in [0, 0.05) is 0 Å². The Labute approximate surface area is 106 Å². The Morgan fingerprint density at radius 1 is 1.50 bits per heavy atom. The molecule has 0 aromatic carbocycles. The van der Waals surface area contributed by atoms with E-state index in [1.165, 1.54) is 0 Å². The van der Waals surface area contributed by atoms with Crippen molar-refractivity contribution in [1.82, 2.24) is 5.32 Å². The predicted molar refractivity (Wildman–Crippen MR) is 66.6 cm³/mol. The molecule has 2 aromatic heterocycles. The number of amides is 1. The molecule has 1 unspecified atom stereocenters. The zero-order valence-corrected chi connectivity index (χ0v) is 11.0. The number of halogens is 1. The normalized spacial score (nSPS) is 12.4. The topological polar surface area (TPSA) is 42.2 Å². The summed E-state index contributed by atoms with van der Waals surface area (Å²) in [7, 11) is 0. The summed E-state index contributed by atoms with van der Waals surface area (Å²) in [4.78, 5) is 11.7. The fourth-order valence-electron chi connectivity index (χ4n) is 1.31. The second-order valence-corrected chi connectivity index (χ2v) is 4.92. The largest absolute Gasteiger partial charge is 0.444 e. The van der Waals surface area contributed by atoms with Gasteiger partial charge in [-0.15, -0.1) is 0 Å². The van der Waals surface area contributed by atoms with Gasteiger partial charge in [-0.3, -0.25) is 4.79 Å². The van der Waals surface area contributed by atoms with Crippen molar-refractivity contribution in [2.75, 3.05) is 0 Å². The van der Waals surface area contributed by atoms with Gasteiger partial charge in [0.1, 0.15) is 0 Å². The first-order valence-electron chi connectivity index (χ1n) is 4.75. The molecule has 0 bridgehead atoms. The van der Waals surface area contributed by atoms with E-state index in [4.69, 9.17) is 4.42 Å². The van der Waals surface area contributed by atoms with Crippen molar-refractivity contribution in [1.29, 1.82) is 0 Å². The van der Waals surface area contributed by atoms with Crippen molar-refractivity contribution in [2.45, 2.75) is 13.0 Å². The monoisotopic (exact) mass is 299 g/mol. The molecule has 0 saturated carbocycles. The van der Waals surface area contributed by atoms with Crippen LogP contribution in [-0.2, 0) is 0 Å². The number of nitrogens with one attached hydrogen (secondary N) is 1. The van der Waals surface area contributed by atoms with Crippen LogP contribution in [0.3, 0.4) is 0 Å². The van der Waals surface area contributed by atoms with Crippen LogP contribution < -0.4 is 5.32 Å². The molecule has 0 fully saturated rings. The number of carbonyl (C=O) groups is 1. The van der Waals surface area contributed by atoms with E-state index in [1.54, 1.807) is 23.5 Å². The van der Waals surface area contributed by atoms with Crippen molar-refractivity contribution in [3.05, 3.63) is 45.0 Å². The Balaban J connectivity index is 2.03. The first-order chi connectivity index (χ1) is 7.66. The van der Waals surface area contributed by atoms with Gasteiger partial charge < -0.3 is 9.73 Å². The van der Waals surface area contributed by atoms with Gasteiger partial charge in [-0.2, -0.15) is 11.3 Å². The fraction of sp³-hybridized carbons (Fsp3) is 0.182. The summed E-state index contributed by atoms with van der Waals surface area (Å²) in [6, 6.07) is 5.32. The standard InChI is InChI=1S/C11H10BrNO2S/c1-7(8-4-5-16-6-8)13-11(14)9-2-3-10(12)15-9/h2-7H,1H3,(H,13,14). The first kappa shape index (κ1) is 11.4. The van der Waals surface area contributed by atoms with Gasteiger partial charge >= 0.3 is 0 Å². The van der Waals surface area contributed by atoms with Crippen molar-refractivity contribution >= 4 is 33.2 Å². The third kappa shape index (κ3) is 2.54. The molecule has 2 aromatic rings.